The van der Waals surface area contributed by atoms with E-state index in [0.717, 1.165) is 0 Å². The fourth-order valence-corrected chi connectivity index (χ4v) is 0.196. The van der Waals surface area contributed by atoms with Crippen LogP contribution in [0.15, 0.2) is 0 Å². The normalized spacial score (nSPS) is 12.9. The molecule has 0 spiro atoms. The minimum absolute atomic E-state index is 0.480. The Morgan fingerprint density at radius 2 is 2.57 bits per heavy atom. The summed E-state index contributed by atoms with van der Waals surface area (Å²) in [6, 6.07) is 0. The second-order valence-corrected chi connectivity index (χ2v) is 1.21. The Kier molecular flexibility index (Phi) is 3.32. The monoisotopic (exact) mass is 103 g/mol. The lowest BCUT2D eigenvalue weighted by molar-refractivity contribution is -0.112. The van der Waals surface area contributed by atoms with Crippen LogP contribution in [0, 0.1) is 0 Å². The van der Waals surface area contributed by atoms with Crippen LogP contribution in [-0.2, 0) is 4.79 Å². The summed E-state index contributed by atoms with van der Waals surface area (Å²) in [5.41, 5.74) is 0. The first kappa shape index (κ1) is 6.43. The Labute approximate surface area is 42.3 Å². The summed E-state index contributed by atoms with van der Waals surface area (Å²) in [5, 5.41) is 10.7. The van der Waals surface area contributed by atoms with Crippen LogP contribution in [0.5, 0.6) is 0 Å². The van der Waals surface area contributed by atoms with Crippen molar-refractivity contribution < 1.29 is 9.90 Å². The van der Waals surface area contributed by atoms with E-state index in [1.165, 1.54) is 0 Å². The van der Waals surface area contributed by atoms with E-state index in [9.17, 15) is 4.79 Å². The lowest BCUT2D eigenvalue weighted by atomic mass is 10.4. The van der Waals surface area contributed by atoms with Gasteiger partial charge in [0.2, 0.25) is 6.41 Å². The van der Waals surface area contributed by atoms with Crippen LogP contribution in [0.4, 0.5) is 0 Å². The molecule has 3 heteroatoms. The molecule has 1 unspecified atom stereocenters. The molecule has 0 fully saturated rings. The van der Waals surface area contributed by atoms with Gasteiger partial charge in [-0.25, -0.2) is 0 Å². The molecule has 0 aromatic carbocycles. The molecule has 0 heterocycles. The van der Waals surface area contributed by atoms with Gasteiger partial charge < -0.3 is 10.4 Å². The minimum Gasteiger partial charge on any atom is -0.374 e. The number of carbonyl (C=O) groups excluding carboxylic acids is 1. The highest BCUT2D eigenvalue weighted by atomic mass is 16.3. The highest BCUT2D eigenvalue weighted by Crippen LogP contribution is 1.78. The van der Waals surface area contributed by atoms with E-state index in [-0.39, 0.29) is 0 Å². The van der Waals surface area contributed by atoms with Gasteiger partial charge in [-0.1, -0.05) is 6.92 Å². The van der Waals surface area contributed by atoms with Crippen LogP contribution in [0.2, 0.25) is 0 Å². The Bertz CT molecular complexity index is 55.7. The van der Waals surface area contributed by atoms with Gasteiger partial charge in [-0.05, 0) is 6.42 Å². The zero-order chi connectivity index (χ0) is 5.70. The molecule has 1 atom stereocenters. The minimum atomic E-state index is -0.669. The van der Waals surface area contributed by atoms with Crippen molar-refractivity contribution in [2.45, 2.75) is 19.6 Å². The zero-order valence-electron chi connectivity index (χ0n) is 4.22. The van der Waals surface area contributed by atoms with Crippen LogP contribution in [-0.4, -0.2) is 17.7 Å². The molecule has 2 N–H and O–H groups in total. The Hall–Kier alpha value is -0.570. The topological polar surface area (TPSA) is 49.3 Å². The van der Waals surface area contributed by atoms with Gasteiger partial charge in [0.25, 0.3) is 0 Å². The smallest absolute Gasteiger partial charge is 0.209 e. The fraction of sp³-hybridized carbons (Fsp3) is 0.750. The Morgan fingerprint density at radius 1 is 2.00 bits per heavy atom. The molecular formula is C4H9NO2. The van der Waals surface area contributed by atoms with E-state index in [1.54, 1.807) is 6.92 Å². The van der Waals surface area contributed by atoms with Crippen LogP contribution < -0.4 is 5.32 Å². The maximum absolute atomic E-state index is 9.50. The van der Waals surface area contributed by atoms with Gasteiger partial charge in [0, 0.05) is 0 Å². The van der Waals surface area contributed by atoms with E-state index in [1.807, 2.05) is 0 Å². The average molecular weight is 103 g/mol. The van der Waals surface area contributed by atoms with Crippen molar-refractivity contribution >= 4 is 6.41 Å². The number of rotatable bonds is 3. The lowest BCUT2D eigenvalue weighted by Gasteiger charge is -2.01. The second kappa shape index (κ2) is 3.61. The van der Waals surface area contributed by atoms with Gasteiger partial charge in [-0.2, -0.15) is 0 Å². The van der Waals surface area contributed by atoms with Crippen molar-refractivity contribution in [2.75, 3.05) is 0 Å². The van der Waals surface area contributed by atoms with Crippen molar-refractivity contribution in [1.82, 2.24) is 5.32 Å². The molecule has 7 heavy (non-hydrogen) atoms. The number of hydrogen-bond acceptors (Lipinski definition) is 2. The number of hydrogen-bond donors (Lipinski definition) is 2. The third-order valence-electron chi connectivity index (χ3n) is 0.647. The number of nitrogens with one attached hydrogen (secondary N) is 1. The molecule has 0 aliphatic carbocycles. The third kappa shape index (κ3) is 3.26. The molecule has 0 bridgehead atoms. The number of aliphatic hydroxyl groups is 1. The summed E-state index contributed by atoms with van der Waals surface area (Å²) in [6.45, 7) is 1.78. The summed E-state index contributed by atoms with van der Waals surface area (Å²) >= 11 is 0. The van der Waals surface area contributed by atoms with Crippen molar-refractivity contribution in [3.63, 3.8) is 0 Å². The summed E-state index contributed by atoms with van der Waals surface area (Å²) < 4.78 is 0. The fourth-order valence-electron chi connectivity index (χ4n) is 0.196. The molecule has 0 saturated carbocycles. The largest absolute Gasteiger partial charge is 0.374 e. The lowest BCUT2D eigenvalue weighted by Crippen LogP contribution is -2.25. The highest BCUT2D eigenvalue weighted by Gasteiger charge is 1.91. The molecule has 0 radical (unpaired) electrons. The van der Waals surface area contributed by atoms with E-state index < -0.39 is 6.23 Å². The highest BCUT2D eigenvalue weighted by molar-refractivity contribution is 5.46. The summed E-state index contributed by atoms with van der Waals surface area (Å²) in [6.07, 6.45) is 0.366. The van der Waals surface area contributed by atoms with Crippen LogP contribution in [0.25, 0.3) is 0 Å². The van der Waals surface area contributed by atoms with Gasteiger partial charge in [-0.15, -0.1) is 0 Å². The van der Waals surface area contributed by atoms with E-state index in [0.29, 0.717) is 12.8 Å². The van der Waals surface area contributed by atoms with Crippen molar-refractivity contribution in [3.05, 3.63) is 0 Å². The summed E-state index contributed by atoms with van der Waals surface area (Å²) in [7, 11) is 0. The molecule has 0 aromatic heterocycles. The number of carbonyl (C=O) groups is 1. The molecule has 0 aliphatic rings. The maximum atomic E-state index is 9.50. The van der Waals surface area contributed by atoms with Crippen LogP contribution in [0.1, 0.15) is 13.3 Å². The molecule has 0 rings (SSSR count). The SMILES string of the molecule is CCC(O)NC=O. The predicted molar refractivity (Wildman–Crippen MR) is 25.5 cm³/mol. The average Bonchev–Trinajstić information content (AvgIpc) is 1.68. The molecule has 3 nitrogen and oxygen atoms in total. The summed E-state index contributed by atoms with van der Waals surface area (Å²) in [5.74, 6) is 0. The number of amides is 1. The van der Waals surface area contributed by atoms with Crippen LogP contribution >= 0.6 is 0 Å². The zero-order valence-corrected chi connectivity index (χ0v) is 4.22. The van der Waals surface area contributed by atoms with Crippen LogP contribution in [0.3, 0.4) is 0 Å². The predicted octanol–water partition coefficient (Wildman–Crippen LogP) is -0.539. The molecule has 0 saturated heterocycles. The second-order valence-electron chi connectivity index (χ2n) is 1.21. The molecule has 0 aliphatic heterocycles. The van der Waals surface area contributed by atoms with Crippen molar-refractivity contribution in [1.29, 1.82) is 0 Å². The number of aliphatic hydroxyl groups excluding tert-OH is 1. The van der Waals surface area contributed by atoms with E-state index >= 15 is 0 Å². The first-order chi connectivity index (χ1) is 3.31. The summed E-state index contributed by atoms with van der Waals surface area (Å²) in [4.78, 5) is 9.50. The van der Waals surface area contributed by atoms with Crippen molar-refractivity contribution in [3.8, 4) is 0 Å². The molecule has 42 valence electrons. The third-order valence-corrected chi connectivity index (χ3v) is 0.647. The Balaban J connectivity index is 2.98. The first-order valence-corrected chi connectivity index (χ1v) is 2.19. The maximum Gasteiger partial charge on any atom is 0.209 e. The quantitative estimate of drug-likeness (QED) is 0.372. The molecular weight excluding hydrogens is 94.0 g/mol. The van der Waals surface area contributed by atoms with E-state index in [2.05, 4.69) is 5.32 Å². The Morgan fingerprint density at radius 3 is 2.71 bits per heavy atom. The standard InChI is InChI=1S/C4H9NO2/c1-2-4(7)5-3-6/h3-4,7H,2H2,1H3,(H,5,6). The molecule has 0 aromatic rings. The van der Waals surface area contributed by atoms with Gasteiger partial charge in [-0.3, -0.25) is 4.79 Å². The van der Waals surface area contributed by atoms with E-state index in [4.69, 9.17) is 5.11 Å². The van der Waals surface area contributed by atoms with Crippen molar-refractivity contribution in [2.24, 2.45) is 0 Å². The van der Waals surface area contributed by atoms with Gasteiger partial charge >= 0.3 is 0 Å². The van der Waals surface area contributed by atoms with Gasteiger partial charge in [0.1, 0.15) is 6.23 Å². The first-order valence-electron chi connectivity index (χ1n) is 2.19. The molecule has 1 amide bonds. The van der Waals surface area contributed by atoms with Gasteiger partial charge in [0.15, 0.2) is 0 Å². The van der Waals surface area contributed by atoms with Gasteiger partial charge in [0.05, 0.1) is 0 Å².